The van der Waals surface area contributed by atoms with Crippen molar-refractivity contribution in [1.29, 1.82) is 0 Å². The lowest BCUT2D eigenvalue weighted by Crippen LogP contribution is -2.31. The van der Waals surface area contributed by atoms with E-state index in [1.807, 2.05) is 6.07 Å². The summed E-state index contributed by atoms with van der Waals surface area (Å²) in [5.41, 5.74) is 4.91. The number of aryl methyl sites for hydroxylation is 1. The molecule has 5 rings (SSSR count). The van der Waals surface area contributed by atoms with Gasteiger partial charge in [-0.2, -0.15) is 4.98 Å². The molecule has 0 spiro atoms. The van der Waals surface area contributed by atoms with Crippen LogP contribution >= 0.6 is 15.9 Å². The van der Waals surface area contributed by atoms with Crippen molar-refractivity contribution >= 4 is 71.5 Å². The molecule has 3 heterocycles. The molecular weight excluding hydrogens is 634 g/mol. The maximum atomic E-state index is 12.8. The number of ether oxygens (including phenoxy) is 1. The van der Waals surface area contributed by atoms with Gasteiger partial charge < -0.3 is 25.2 Å². The van der Waals surface area contributed by atoms with E-state index in [-0.39, 0.29) is 6.54 Å². The van der Waals surface area contributed by atoms with Crippen LogP contribution in [0.1, 0.15) is 18.9 Å². The molecule has 0 amide bonds. The highest BCUT2D eigenvalue weighted by molar-refractivity contribution is 9.10. The van der Waals surface area contributed by atoms with Gasteiger partial charge in [0.1, 0.15) is 22.8 Å². The molecule has 14 heteroatoms. The van der Waals surface area contributed by atoms with Gasteiger partial charge in [0.15, 0.2) is 0 Å². The summed E-state index contributed by atoms with van der Waals surface area (Å²) in [4.78, 5) is 22.7. The monoisotopic (exact) mass is 669 g/mol. The second-order valence-electron chi connectivity index (χ2n) is 10.6. The van der Waals surface area contributed by atoms with Crippen molar-refractivity contribution in [2.24, 2.45) is 0 Å². The number of sulfonamides is 1. The lowest BCUT2D eigenvalue weighted by molar-refractivity contribution is 0.315. The van der Waals surface area contributed by atoms with Crippen LogP contribution in [-0.2, 0) is 10.0 Å². The van der Waals surface area contributed by atoms with Crippen LogP contribution in [0.2, 0.25) is 0 Å². The number of anilines is 6. The van der Waals surface area contributed by atoms with E-state index in [0.717, 1.165) is 36.4 Å². The molecule has 1 fully saturated rings. The summed E-state index contributed by atoms with van der Waals surface area (Å²) in [5.74, 6) is 1.45. The maximum absolute atomic E-state index is 12.8. The van der Waals surface area contributed by atoms with Gasteiger partial charge >= 0.3 is 0 Å². The summed E-state index contributed by atoms with van der Waals surface area (Å²) >= 11 is 3.53. The molecule has 4 aromatic rings. The molecule has 1 atom stereocenters. The van der Waals surface area contributed by atoms with Gasteiger partial charge in [-0.05, 0) is 74.1 Å². The van der Waals surface area contributed by atoms with Gasteiger partial charge in [0, 0.05) is 56.0 Å². The molecule has 2 aromatic carbocycles. The summed E-state index contributed by atoms with van der Waals surface area (Å²) in [6, 6.07) is 8.17. The average Bonchev–Trinajstić information content (AvgIpc) is 3.46. The molecule has 228 valence electrons. The van der Waals surface area contributed by atoms with Crippen LogP contribution < -0.4 is 24.6 Å². The van der Waals surface area contributed by atoms with Crippen LogP contribution in [-0.4, -0.2) is 86.4 Å². The fourth-order valence-electron chi connectivity index (χ4n) is 5.36. The Morgan fingerprint density at radius 2 is 1.88 bits per heavy atom. The molecule has 0 aliphatic carbocycles. The zero-order chi connectivity index (χ0) is 30.9. The largest absolute Gasteiger partial charge is 0.494 e. The van der Waals surface area contributed by atoms with Crippen molar-refractivity contribution in [3.63, 3.8) is 0 Å². The highest BCUT2D eigenvalue weighted by Crippen LogP contribution is 2.39. The van der Waals surface area contributed by atoms with Gasteiger partial charge in [0.2, 0.25) is 16.0 Å². The van der Waals surface area contributed by atoms with Crippen molar-refractivity contribution in [2.75, 3.05) is 66.9 Å². The van der Waals surface area contributed by atoms with Crippen molar-refractivity contribution < 1.29 is 13.2 Å². The maximum Gasteiger partial charge on any atom is 0.232 e. The number of aromatic nitrogens is 4. The summed E-state index contributed by atoms with van der Waals surface area (Å²) < 4.78 is 33.2. The third-order valence-electron chi connectivity index (χ3n) is 7.55. The van der Waals surface area contributed by atoms with Gasteiger partial charge in [-0.25, -0.2) is 13.4 Å². The number of rotatable bonds is 10. The fraction of sp³-hybridized carbons (Fsp3) is 0.379. The summed E-state index contributed by atoms with van der Waals surface area (Å²) in [7, 11) is 2.28. The fourth-order valence-corrected chi connectivity index (χ4v) is 6.64. The molecule has 1 aliphatic heterocycles. The smallest absolute Gasteiger partial charge is 0.232 e. The topological polar surface area (TPSA) is 129 Å². The molecule has 12 nitrogen and oxygen atoms in total. The van der Waals surface area contributed by atoms with Gasteiger partial charge in [-0.1, -0.05) is 0 Å². The van der Waals surface area contributed by atoms with Gasteiger partial charge in [-0.3, -0.25) is 14.3 Å². The van der Waals surface area contributed by atoms with Crippen LogP contribution in [0, 0.1) is 6.92 Å². The first-order valence-electron chi connectivity index (χ1n) is 13.9. The second-order valence-corrected chi connectivity index (χ2v) is 13.4. The van der Waals surface area contributed by atoms with Crippen LogP contribution in [0.3, 0.4) is 0 Å². The predicted molar refractivity (Wildman–Crippen MR) is 176 cm³/mol. The molecule has 1 unspecified atom stereocenters. The molecule has 43 heavy (non-hydrogen) atoms. The van der Waals surface area contributed by atoms with E-state index in [9.17, 15) is 8.42 Å². The zero-order valence-corrected chi connectivity index (χ0v) is 27.5. The number of halogens is 1. The van der Waals surface area contributed by atoms with E-state index in [1.54, 1.807) is 44.8 Å². The van der Waals surface area contributed by atoms with Gasteiger partial charge in [0.05, 0.1) is 34.7 Å². The number of methoxy groups -OCH3 is 1. The first-order valence-corrected chi connectivity index (χ1v) is 16.5. The first kappa shape index (κ1) is 30.7. The van der Waals surface area contributed by atoms with E-state index in [0.29, 0.717) is 50.4 Å². The van der Waals surface area contributed by atoms with Crippen molar-refractivity contribution in [3.05, 3.63) is 52.9 Å². The lowest BCUT2D eigenvalue weighted by atomic mass is 10.1. The van der Waals surface area contributed by atoms with Crippen molar-refractivity contribution in [3.8, 4) is 5.75 Å². The van der Waals surface area contributed by atoms with E-state index >= 15 is 0 Å². The summed E-state index contributed by atoms with van der Waals surface area (Å²) in [6.07, 6.45) is 7.03. The third kappa shape index (κ3) is 6.45. The summed E-state index contributed by atoms with van der Waals surface area (Å²) in [5, 5.41) is 6.59. The molecular formula is C29H36BrN9O3S. The SMILES string of the molecule is CCN(c1c(Nc2nc(Nc3cc(C)c(N4CCC(N(C)C)C4)cc3OC)ncc2Br)ccc2nccnc12)S(C)(=O)=O. The average molecular weight is 671 g/mol. The van der Waals surface area contributed by atoms with Crippen LogP contribution in [0.4, 0.5) is 34.5 Å². The van der Waals surface area contributed by atoms with E-state index < -0.39 is 10.0 Å². The third-order valence-corrected chi connectivity index (χ3v) is 9.37. The number of nitrogens with one attached hydrogen (secondary N) is 2. The normalized spacial score (nSPS) is 15.3. The van der Waals surface area contributed by atoms with Crippen molar-refractivity contribution in [1.82, 2.24) is 24.8 Å². The quantitative estimate of drug-likeness (QED) is 0.239. The number of fused-ring (bicyclic) bond motifs is 1. The molecule has 0 bridgehead atoms. The van der Waals surface area contributed by atoms with E-state index in [1.165, 1.54) is 10.6 Å². The van der Waals surface area contributed by atoms with Crippen molar-refractivity contribution in [2.45, 2.75) is 26.3 Å². The predicted octanol–water partition coefficient (Wildman–Crippen LogP) is 4.91. The number of hydrogen-bond acceptors (Lipinski definition) is 11. The minimum atomic E-state index is -3.61. The highest BCUT2D eigenvalue weighted by atomic mass is 79.9. The molecule has 2 aromatic heterocycles. The number of hydrogen-bond donors (Lipinski definition) is 2. The Morgan fingerprint density at radius 3 is 2.56 bits per heavy atom. The highest BCUT2D eigenvalue weighted by Gasteiger charge is 2.27. The molecule has 0 saturated carbocycles. The Kier molecular flexibility index (Phi) is 8.90. The summed E-state index contributed by atoms with van der Waals surface area (Å²) in [6.45, 7) is 6.02. The Balaban J connectivity index is 1.47. The van der Waals surface area contributed by atoms with Gasteiger partial charge in [-0.15, -0.1) is 0 Å². The molecule has 2 N–H and O–H groups in total. The molecule has 1 aliphatic rings. The Hall–Kier alpha value is -3.75. The van der Waals surface area contributed by atoms with E-state index in [4.69, 9.17) is 9.72 Å². The first-order chi connectivity index (χ1) is 20.5. The molecule has 0 radical (unpaired) electrons. The Morgan fingerprint density at radius 1 is 1.12 bits per heavy atom. The second kappa shape index (κ2) is 12.5. The molecule has 1 saturated heterocycles. The van der Waals surface area contributed by atoms with Crippen LogP contribution in [0.5, 0.6) is 5.75 Å². The number of nitrogens with zero attached hydrogens (tertiary/aromatic N) is 7. The standard InChI is InChI=1S/C29H36BrN9O3S/c1-7-39(43(6,40)41)27-22(9-8-21-26(27)32-12-11-31-21)34-28-20(30)16-33-29(36-28)35-23-14-18(2)24(15-25(23)42-5)38-13-10-19(17-38)37(3)4/h8-9,11-12,14-16,19H,7,10,13,17H2,1-6H3,(H2,33,34,35,36). The number of likely N-dealkylation sites (N-methyl/N-ethyl adjacent to an activating group) is 1. The minimum absolute atomic E-state index is 0.212. The van der Waals surface area contributed by atoms with Crippen LogP contribution in [0.15, 0.2) is 47.3 Å². The van der Waals surface area contributed by atoms with Crippen LogP contribution in [0.25, 0.3) is 11.0 Å². The van der Waals surface area contributed by atoms with Gasteiger partial charge in [0.25, 0.3) is 0 Å². The van der Waals surface area contributed by atoms with E-state index in [2.05, 4.69) is 78.4 Å². The lowest BCUT2D eigenvalue weighted by Gasteiger charge is -2.25. The minimum Gasteiger partial charge on any atom is -0.494 e. The Labute approximate surface area is 260 Å². The Bertz CT molecular complexity index is 1750. The number of benzene rings is 2. The zero-order valence-electron chi connectivity index (χ0n) is 25.1.